The molecule has 122 valence electrons. The molecule has 0 fully saturated rings. The van der Waals surface area contributed by atoms with Crippen molar-refractivity contribution in [3.63, 3.8) is 0 Å². The van der Waals surface area contributed by atoms with Crippen LogP contribution in [0.5, 0.6) is 0 Å². The van der Waals surface area contributed by atoms with Crippen molar-refractivity contribution < 1.29 is 17.9 Å². The monoisotopic (exact) mass is 353 g/mol. The number of hydrogen-bond acceptors (Lipinski definition) is 4. The number of halogens is 1. The molecule has 23 heavy (non-hydrogen) atoms. The van der Waals surface area contributed by atoms with Gasteiger partial charge in [0.05, 0.1) is 17.6 Å². The zero-order valence-corrected chi connectivity index (χ0v) is 14.3. The lowest BCUT2D eigenvalue weighted by molar-refractivity contribution is 0.0596. The molecule has 0 aliphatic heterocycles. The molecule has 0 aliphatic carbocycles. The van der Waals surface area contributed by atoms with Crippen LogP contribution in [0.15, 0.2) is 53.4 Å². The van der Waals surface area contributed by atoms with E-state index in [0.717, 1.165) is 5.56 Å². The zero-order chi connectivity index (χ0) is 17.0. The highest BCUT2D eigenvalue weighted by Crippen LogP contribution is 2.22. The summed E-state index contributed by atoms with van der Waals surface area (Å²) in [4.78, 5) is 11.7. The predicted molar refractivity (Wildman–Crippen MR) is 87.9 cm³/mol. The molecule has 0 spiro atoms. The van der Waals surface area contributed by atoms with E-state index in [9.17, 15) is 13.2 Å². The maximum Gasteiger partial charge on any atom is 0.339 e. The summed E-state index contributed by atoms with van der Waals surface area (Å²) in [5.41, 5.74) is 0.757. The second-order valence-electron chi connectivity index (χ2n) is 4.88. The summed E-state index contributed by atoms with van der Waals surface area (Å²) >= 11 is 5.92. The van der Waals surface area contributed by atoms with Gasteiger partial charge in [0.25, 0.3) is 0 Å². The molecule has 5 nitrogen and oxygen atoms in total. The summed E-state index contributed by atoms with van der Waals surface area (Å²) < 4.78 is 31.3. The van der Waals surface area contributed by atoms with Crippen molar-refractivity contribution >= 4 is 27.6 Å². The minimum atomic E-state index is -3.85. The first-order valence-electron chi connectivity index (χ1n) is 6.74. The molecule has 2 rings (SSSR count). The number of nitrogens with zero attached hydrogens (tertiary/aromatic N) is 1. The largest absolute Gasteiger partial charge is 0.465 e. The molecule has 0 aromatic heterocycles. The maximum absolute atomic E-state index is 12.7. The highest BCUT2D eigenvalue weighted by Gasteiger charge is 2.26. The van der Waals surface area contributed by atoms with Crippen molar-refractivity contribution in [3.8, 4) is 0 Å². The first kappa shape index (κ1) is 17.5. The Morgan fingerprint density at radius 2 is 1.87 bits per heavy atom. The topological polar surface area (TPSA) is 63.7 Å². The molecule has 0 saturated heterocycles. The Bertz CT molecular complexity index is 820. The minimum Gasteiger partial charge on any atom is -0.465 e. The third-order valence-corrected chi connectivity index (χ3v) is 5.37. The fraction of sp³-hybridized carbons (Fsp3) is 0.188. The summed E-state index contributed by atoms with van der Waals surface area (Å²) in [6.45, 7) is 0.137. The van der Waals surface area contributed by atoms with Crippen molar-refractivity contribution in [2.24, 2.45) is 0 Å². The number of benzene rings is 2. The van der Waals surface area contributed by atoms with E-state index in [2.05, 4.69) is 4.74 Å². The number of esters is 1. The average Bonchev–Trinajstić information content (AvgIpc) is 2.54. The van der Waals surface area contributed by atoms with Crippen LogP contribution >= 0.6 is 11.6 Å². The van der Waals surface area contributed by atoms with Crippen LogP contribution in [0.4, 0.5) is 0 Å². The number of carbonyl (C=O) groups is 1. The third-order valence-electron chi connectivity index (χ3n) is 3.27. The lowest BCUT2D eigenvalue weighted by Crippen LogP contribution is -2.28. The van der Waals surface area contributed by atoms with Gasteiger partial charge in [-0.25, -0.2) is 13.2 Å². The molecule has 0 unspecified atom stereocenters. The Kier molecular flexibility index (Phi) is 5.41. The van der Waals surface area contributed by atoms with E-state index in [1.165, 1.54) is 30.6 Å². The Labute approximate surface area is 140 Å². The molecule has 0 heterocycles. The molecular formula is C16H16ClNO4S. The average molecular weight is 354 g/mol. The molecule has 0 radical (unpaired) electrons. The molecule has 0 N–H and O–H groups in total. The van der Waals surface area contributed by atoms with Gasteiger partial charge < -0.3 is 4.74 Å². The lowest BCUT2D eigenvalue weighted by atomic mass is 10.2. The predicted octanol–water partition coefficient (Wildman–Crippen LogP) is 2.95. The van der Waals surface area contributed by atoms with Gasteiger partial charge in [-0.2, -0.15) is 4.31 Å². The highest BCUT2D eigenvalue weighted by molar-refractivity contribution is 7.89. The third kappa shape index (κ3) is 3.90. The number of carbonyl (C=O) groups excluding carboxylic acids is 1. The Morgan fingerprint density at radius 1 is 1.17 bits per heavy atom. The highest BCUT2D eigenvalue weighted by atomic mass is 35.5. The summed E-state index contributed by atoms with van der Waals surface area (Å²) in [7, 11) is -1.19. The van der Waals surface area contributed by atoms with Gasteiger partial charge in [-0.3, -0.25) is 0 Å². The quantitative estimate of drug-likeness (QED) is 0.775. The zero-order valence-electron chi connectivity index (χ0n) is 12.7. The molecular weight excluding hydrogens is 338 g/mol. The first-order chi connectivity index (χ1) is 10.9. The molecule has 0 aliphatic rings. The van der Waals surface area contributed by atoms with Crippen LogP contribution < -0.4 is 0 Å². The van der Waals surface area contributed by atoms with Crippen molar-refractivity contribution in [1.82, 2.24) is 4.31 Å². The van der Waals surface area contributed by atoms with E-state index in [4.69, 9.17) is 11.6 Å². The Balaban J connectivity index is 2.36. The van der Waals surface area contributed by atoms with Crippen LogP contribution in [0.3, 0.4) is 0 Å². The SMILES string of the molecule is COC(=O)c1ccccc1S(=O)(=O)N(C)Cc1cccc(Cl)c1. The minimum absolute atomic E-state index is 0.00736. The van der Waals surface area contributed by atoms with Crippen LogP contribution in [0, 0.1) is 0 Å². The van der Waals surface area contributed by atoms with E-state index in [1.54, 1.807) is 36.4 Å². The normalized spacial score (nSPS) is 11.5. The fourth-order valence-corrected chi connectivity index (χ4v) is 3.66. The summed E-state index contributed by atoms with van der Waals surface area (Å²) in [6, 6.07) is 12.9. The standard InChI is InChI=1S/C16H16ClNO4S/c1-18(11-12-6-5-7-13(17)10-12)23(20,21)15-9-4-3-8-14(15)16(19)22-2/h3-10H,11H2,1-2H3. The van der Waals surface area contributed by atoms with Crippen molar-refractivity contribution in [3.05, 3.63) is 64.7 Å². The number of ether oxygens (including phenoxy) is 1. The molecule has 2 aromatic carbocycles. The Hall–Kier alpha value is -1.89. The molecule has 0 atom stereocenters. The number of methoxy groups -OCH3 is 1. The molecule has 7 heteroatoms. The number of rotatable bonds is 5. The van der Waals surface area contributed by atoms with E-state index in [1.807, 2.05) is 0 Å². The maximum atomic E-state index is 12.7. The van der Waals surface area contributed by atoms with Crippen LogP contribution in [0.25, 0.3) is 0 Å². The Morgan fingerprint density at radius 3 is 2.52 bits per heavy atom. The van der Waals surface area contributed by atoms with Gasteiger partial charge in [-0.1, -0.05) is 35.9 Å². The molecule has 0 bridgehead atoms. The van der Waals surface area contributed by atoms with Crippen molar-refractivity contribution in [2.75, 3.05) is 14.2 Å². The number of sulfonamides is 1. The second kappa shape index (κ2) is 7.12. The van der Waals surface area contributed by atoms with E-state index in [0.29, 0.717) is 5.02 Å². The van der Waals surface area contributed by atoms with Crippen LogP contribution in [-0.4, -0.2) is 32.8 Å². The fourth-order valence-electron chi connectivity index (χ4n) is 2.12. The van der Waals surface area contributed by atoms with Gasteiger partial charge in [-0.05, 0) is 29.8 Å². The van der Waals surface area contributed by atoms with Crippen molar-refractivity contribution in [1.29, 1.82) is 0 Å². The summed E-state index contributed by atoms with van der Waals surface area (Å²) in [5, 5.41) is 0.531. The van der Waals surface area contributed by atoms with E-state index < -0.39 is 16.0 Å². The summed E-state index contributed by atoms with van der Waals surface area (Å²) in [5.74, 6) is -0.694. The van der Waals surface area contributed by atoms with Gasteiger partial charge in [0.15, 0.2) is 0 Å². The van der Waals surface area contributed by atoms with E-state index in [-0.39, 0.29) is 17.0 Å². The molecule has 2 aromatic rings. The van der Waals surface area contributed by atoms with Crippen LogP contribution in [0.2, 0.25) is 5.02 Å². The van der Waals surface area contributed by atoms with Gasteiger partial charge in [0.1, 0.15) is 0 Å². The van der Waals surface area contributed by atoms with Gasteiger partial charge in [0.2, 0.25) is 10.0 Å². The number of hydrogen-bond donors (Lipinski definition) is 0. The van der Waals surface area contributed by atoms with Crippen LogP contribution in [0.1, 0.15) is 15.9 Å². The van der Waals surface area contributed by atoms with E-state index >= 15 is 0 Å². The van der Waals surface area contributed by atoms with Gasteiger partial charge in [-0.15, -0.1) is 0 Å². The van der Waals surface area contributed by atoms with Gasteiger partial charge >= 0.3 is 5.97 Å². The van der Waals surface area contributed by atoms with Gasteiger partial charge in [0, 0.05) is 18.6 Å². The molecule has 0 saturated carbocycles. The first-order valence-corrected chi connectivity index (χ1v) is 8.56. The summed E-state index contributed by atoms with van der Waals surface area (Å²) in [6.07, 6.45) is 0. The van der Waals surface area contributed by atoms with Crippen molar-refractivity contribution in [2.45, 2.75) is 11.4 Å². The smallest absolute Gasteiger partial charge is 0.339 e. The van der Waals surface area contributed by atoms with Crippen LogP contribution in [-0.2, 0) is 21.3 Å². The second-order valence-corrected chi connectivity index (χ2v) is 7.33. The molecule has 0 amide bonds. The lowest BCUT2D eigenvalue weighted by Gasteiger charge is -2.19.